The number of carbonyl (C=O) groups is 4. The van der Waals surface area contributed by atoms with E-state index < -0.39 is 41.8 Å². The fraction of sp³-hybridized carbons (Fsp3) is 0.0435. The van der Waals surface area contributed by atoms with Crippen molar-refractivity contribution in [2.45, 2.75) is 0 Å². The summed E-state index contributed by atoms with van der Waals surface area (Å²) >= 11 is 5.84. The molecule has 0 N–H and O–H groups in total. The smallest absolute Gasteiger partial charge is 0.338 e. The zero-order chi connectivity index (χ0) is 23.0. The van der Waals surface area contributed by atoms with Crippen LogP contribution in [0.25, 0.3) is 0 Å². The van der Waals surface area contributed by atoms with Crippen LogP contribution in [0.5, 0.6) is 0 Å². The van der Waals surface area contributed by atoms with Gasteiger partial charge in [0, 0.05) is 10.6 Å². The van der Waals surface area contributed by atoms with E-state index in [0.717, 1.165) is 17.0 Å². The minimum atomic E-state index is -1.20. The second-order valence-corrected chi connectivity index (χ2v) is 7.25. The summed E-state index contributed by atoms with van der Waals surface area (Å²) in [6.07, 6.45) is 0. The fourth-order valence-electron chi connectivity index (χ4n) is 3.16. The number of Topliss-reactive ketones (excluding diaryl/α,β-unsaturated/α-hetero) is 1. The molecular weight excluding hydrogens is 444 g/mol. The third-order valence-electron chi connectivity index (χ3n) is 4.78. The second kappa shape index (κ2) is 8.32. The maximum absolute atomic E-state index is 13.3. The van der Waals surface area contributed by atoms with Crippen LogP contribution in [0.4, 0.5) is 14.5 Å². The van der Waals surface area contributed by atoms with Crippen molar-refractivity contribution < 1.29 is 32.7 Å². The Hall–Kier alpha value is -3.91. The van der Waals surface area contributed by atoms with Gasteiger partial charge in [-0.25, -0.2) is 18.5 Å². The summed E-state index contributed by atoms with van der Waals surface area (Å²) in [5.41, 5.74) is 0.221. The lowest BCUT2D eigenvalue weighted by Crippen LogP contribution is -2.29. The van der Waals surface area contributed by atoms with E-state index in [9.17, 15) is 28.0 Å². The van der Waals surface area contributed by atoms with Gasteiger partial charge >= 0.3 is 5.97 Å². The van der Waals surface area contributed by atoms with Gasteiger partial charge in [-0.3, -0.25) is 14.4 Å². The van der Waals surface area contributed by atoms with Crippen molar-refractivity contribution in [1.29, 1.82) is 0 Å². The molecule has 3 aromatic rings. The average molecular weight is 456 g/mol. The first kappa shape index (κ1) is 21.3. The topological polar surface area (TPSA) is 80.8 Å². The van der Waals surface area contributed by atoms with Gasteiger partial charge in [-0.15, -0.1) is 0 Å². The summed E-state index contributed by atoms with van der Waals surface area (Å²) in [6, 6.07) is 12.5. The molecule has 0 fully saturated rings. The molecule has 4 rings (SSSR count). The fourth-order valence-corrected chi connectivity index (χ4v) is 3.29. The molecule has 0 unspecified atom stereocenters. The van der Waals surface area contributed by atoms with Crippen LogP contribution in [0.1, 0.15) is 41.4 Å². The number of hydrogen-bond donors (Lipinski definition) is 0. The Morgan fingerprint density at radius 2 is 1.47 bits per heavy atom. The summed E-state index contributed by atoms with van der Waals surface area (Å²) in [5, 5.41) is 0.438. The molecule has 0 spiro atoms. The summed E-state index contributed by atoms with van der Waals surface area (Å²) < 4.78 is 31.2. The molecule has 1 aliphatic heterocycles. The number of anilines is 1. The lowest BCUT2D eigenvalue weighted by Gasteiger charge is -2.13. The Balaban J connectivity index is 1.50. The number of ether oxygens (including phenoxy) is 1. The van der Waals surface area contributed by atoms with Crippen molar-refractivity contribution in [1.82, 2.24) is 0 Å². The van der Waals surface area contributed by atoms with Gasteiger partial charge < -0.3 is 4.74 Å². The van der Waals surface area contributed by atoms with E-state index in [1.165, 1.54) is 42.5 Å². The summed E-state index contributed by atoms with van der Waals surface area (Å²) in [5.74, 6) is -5.15. The molecule has 160 valence electrons. The Morgan fingerprint density at radius 3 is 2.16 bits per heavy atom. The number of ketones is 1. The highest BCUT2D eigenvalue weighted by Crippen LogP contribution is 2.30. The minimum absolute atomic E-state index is 0.00586. The van der Waals surface area contributed by atoms with Gasteiger partial charge in [0.2, 0.25) is 0 Å². The van der Waals surface area contributed by atoms with Crippen molar-refractivity contribution in [3.05, 3.63) is 99.6 Å². The van der Waals surface area contributed by atoms with Gasteiger partial charge in [-0.2, -0.15) is 0 Å². The molecular formula is C23H12ClF2NO5. The molecule has 1 aliphatic rings. The van der Waals surface area contributed by atoms with Crippen molar-refractivity contribution >= 4 is 40.9 Å². The standard InChI is InChI=1S/C23H12ClF2NO5/c24-14-3-5-15(6-4-14)27-21(29)16-7-1-13(9-17(16)22(27)30)23(31)32-11-20(28)12-2-8-18(25)19(26)10-12/h1-10H,11H2. The monoisotopic (exact) mass is 455 g/mol. The normalized spacial score (nSPS) is 12.7. The van der Waals surface area contributed by atoms with E-state index in [2.05, 4.69) is 0 Å². The van der Waals surface area contributed by atoms with Gasteiger partial charge in [-0.05, 0) is 60.7 Å². The molecule has 9 heteroatoms. The molecule has 0 atom stereocenters. The predicted octanol–water partition coefficient (Wildman–Crippen LogP) is 4.46. The number of rotatable bonds is 5. The van der Waals surface area contributed by atoms with Gasteiger partial charge in [0.25, 0.3) is 11.8 Å². The zero-order valence-electron chi connectivity index (χ0n) is 16.1. The van der Waals surface area contributed by atoms with Gasteiger partial charge in [0.1, 0.15) is 0 Å². The SMILES string of the molecule is O=C(COC(=O)c1ccc2c(c1)C(=O)N(c1ccc(Cl)cc1)C2=O)c1ccc(F)c(F)c1. The highest BCUT2D eigenvalue weighted by molar-refractivity contribution is 6.35. The number of amides is 2. The van der Waals surface area contributed by atoms with Crippen molar-refractivity contribution in [2.24, 2.45) is 0 Å². The molecule has 0 bridgehead atoms. The first-order valence-corrected chi connectivity index (χ1v) is 9.58. The Bertz CT molecular complexity index is 1290. The van der Waals surface area contributed by atoms with E-state index >= 15 is 0 Å². The molecule has 0 aromatic heterocycles. The zero-order valence-corrected chi connectivity index (χ0v) is 16.9. The van der Waals surface area contributed by atoms with Crippen LogP contribution in [0.15, 0.2) is 60.7 Å². The summed E-state index contributed by atoms with van der Waals surface area (Å²) in [6.45, 7) is -0.717. The highest BCUT2D eigenvalue weighted by Gasteiger charge is 2.37. The van der Waals surface area contributed by atoms with Crippen LogP contribution in [0, 0.1) is 11.6 Å². The molecule has 0 radical (unpaired) electrons. The van der Waals surface area contributed by atoms with Crippen molar-refractivity contribution in [3.8, 4) is 0 Å². The second-order valence-electron chi connectivity index (χ2n) is 6.81. The van der Waals surface area contributed by atoms with Crippen molar-refractivity contribution in [2.75, 3.05) is 11.5 Å². The first-order chi connectivity index (χ1) is 15.3. The van der Waals surface area contributed by atoms with Crippen LogP contribution >= 0.6 is 11.6 Å². The largest absolute Gasteiger partial charge is 0.454 e. The number of esters is 1. The Labute approximate surface area is 185 Å². The van der Waals surface area contributed by atoms with Crippen LogP contribution in [-0.2, 0) is 4.74 Å². The number of fused-ring (bicyclic) bond motifs is 1. The lowest BCUT2D eigenvalue weighted by atomic mass is 10.1. The van der Waals surface area contributed by atoms with Crippen LogP contribution in [0.2, 0.25) is 5.02 Å². The molecule has 6 nitrogen and oxygen atoms in total. The molecule has 2 amide bonds. The van der Waals surface area contributed by atoms with E-state index in [4.69, 9.17) is 16.3 Å². The van der Waals surface area contributed by atoms with Crippen LogP contribution in [-0.4, -0.2) is 30.2 Å². The predicted molar refractivity (Wildman–Crippen MR) is 110 cm³/mol. The Kier molecular flexibility index (Phi) is 5.54. The number of carbonyl (C=O) groups excluding carboxylic acids is 4. The third-order valence-corrected chi connectivity index (χ3v) is 5.04. The van der Waals surface area contributed by atoms with Gasteiger partial charge in [-0.1, -0.05) is 11.6 Å². The Morgan fingerprint density at radius 1 is 0.812 bits per heavy atom. The minimum Gasteiger partial charge on any atom is -0.454 e. The molecule has 3 aromatic carbocycles. The van der Waals surface area contributed by atoms with E-state index in [1.54, 1.807) is 0 Å². The average Bonchev–Trinajstić information content (AvgIpc) is 3.04. The molecule has 1 heterocycles. The number of hydrogen-bond acceptors (Lipinski definition) is 5. The molecule has 0 saturated carbocycles. The van der Waals surface area contributed by atoms with Crippen LogP contribution in [0.3, 0.4) is 0 Å². The number of benzene rings is 3. The number of imide groups is 1. The van der Waals surface area contributed by atoms with E-state index in [-0.39, 0.29) is 22.3 Å². The van der Waals surface area contributed by atoms with Gasteiger partial charge in [0.05, 0.1) is 22.4 Å². The first-order valence-electron chi connectivity index (χ1n) is 9.20. The molecule has 32 heavy (non-hydrogen) atoms. The quantitative estimate of drug-likeness (QED) is 0.322. The maximum atomic E-state index is 13.3. The highest BCUT2D eigenvalue weighted by atomic mass is 35.5. The van der Waals surface area contributed by atoms with E-state index in [0.29, 0.717) is 16.8 Å². The molecule has 0 aliphatic carbocycles. The van der Waals surface area contributed by atoms with E-state index in [1.807, 2.05) is 0 Å². The summed E-state index contributed by atoms with van der Waals surface area (Å²) in [4.78, 5) is 50.8. The van der Waals surface area contributed by atoms with Crippen molar-refractivity contribution in [3.63, 3.8) is 0 Å². The van der Waals surface area contributed by atoms with Crippen LogP contribution < -0.4 is 4.90 Å². The molecule has 0 saturated heterocycles. The van der Waals surface area contributed by atoms with Gasteiger partial charge in [0.15, 0.2) is 24.0 Å². The third kappa shape index (κ3) is 3.88. The lowest BCUT2D eigenvalue weighted by molar-refractivity contribution is 0.0474. The maximum Gasteiger partial charge on any atom is 0.338 e. The number of halogens is 3. The number of nitrogens with zero attached hydrogens (tertiary/aromatic N) is 1. The summed E-state index contributed by atoms with van der Waals surface area (Å²) in [7, 11) is 0.